The highest BCUT2D eigenvalue weighted by atomic mass is 16.1. The molecule has 3 aliphatic rings. The minimum Gasteiger partial charge on any atom is -0.293 e. The Labute approximate surface area is 245 Å². The number of hydrogen-bond donors (Lipinski definition) is 0. The summed E-state index contributed by atoms with van der Waals surface area (Å²) < 4.78 is 0. The molecule has 7 rings (SSSR count). The first kappa shape index (κ1) is 26.1. The average Bonchev–Trinajstić information content (AvgIpc) is 3.04. The molecule has 6 nitrogen and oxygen atoms in total. The number of carbonyl (C=O) groups excluding carboxylic acids is 2. The maximum Gasteiger partial charge on any atom is 0.173 e. The summed E-state index contributed by atoms with van der Waals surface area (Å²) >= 11 is 0. The maximum absolute atomic E-state index is 13.4. The molecule has 0 fully saturated rings. The van der Waals surface area contributed by atoms with Crippen molar-refractivity contribution in [3.8, 4) is 22.8 Å². The number of Topliss-reactive ketones (excluding diaryl/α,β-unsaturated/α-hetero) is 2. The molecule has 0 radical (unpaired) electrons. The van der Waals surface area contributed by atoms with Crippen LogP contribution in [0, 0.1) is 11.8 Å². The SMILES string of the molecule is O=C1c2cnc(-c3ccccc3)nc2CCC1C=C1C=CCC(=CC2CCc3nc(-c4ccccc4)ncc3C2=O)C1. The minimum absolute atomic E-state index is 0.0850. The molecule has 0 N–H and O–H groups in total. The van der Waals surface area contributed by atoms with E-state index in [9.17, 15) is 9.59 Å². The lowest BCUT2D eigenvalue weighted by atomic mass is 9.81. The Morgan fingerprint density at radius 3 is 1.74 bits per heavy atom. The third-order valence-corrected chi connectivity index (χ3v) is 8.38. The van der Waals surface area contributed by atoms with Crippen molar-refractivity contribution >= 4 is 11.6 Å². The zero-order valence-corrected chi connectivity index (χ0v) is 23.2. The minimum atomic E-state index is -0.193. The van der Waals surface area contributed by atoms with E-state index in [2.05, 4.69) is 34.3 Å². The maximum atomic E-state index is 13.4. The van der Waals surface area contributed by atoms with Gasteiger partial charge in [0.25, 0.3) is 0 Å². The summed E-state index contributed by atoms with van der Waals surface area (Å²) in [5.41, 5.74) is 7.17. The molecule has 2 atom stereocenters. The van der Waals surface area contributed by atoms with E-state index >= 15 is 0 Å². The van der Waals surface area contributed by atoms with Crippen molar-refractivity contribution in [2.75, 3.05) is 0 Å². The molecular weight excluding hydrogens is 520 g/mol. The number of rotatable bonds is 4. The average molecular weight is 551 g/mol. The molecule has 0 spiro atoms. The molecule has 6 heteroatoms. The van der Waals surface area contributed by atoms with Gasteiger partial charge >= 0.3 is 0 Å². The summed E-state index contributed by atoms with van der Waals surface area (Å²) in [4.78, 5) is 45.2. The normalized spacial score (nSPS) is 21.8. The lowest BCUT2D eigenvalue weighted by Gasteiger charge is -2.23. The molecule has 0 saturated heterocycles. The van der Waals surface area contributed by atoms with Crippen LogP contribution < -0.4 is 0 Å². The number of carbonyl (C=O) groups is 2. The van der Waals surface area contributed by atoms with Crippen LogP contribution in [0.3, 0.4) is 0 Å². The van der Waals surface area contributed by atoms with Crippen molar-refractivity contribution in [1.82, 2.24) is 19.9 Å². The number of benzene rings is 2. The van der Waals surface area contributed by atoms with Gasteiger partial charge in [0, 0.05) is 35.4 Å². The van der Waals surface area contributed by atoms with Gasteiger partial charge in [0.1, 0.15) is 0 Å². The van der Waals surface area contributed by atoms with Crippen molar-refractivity contribution in [1.29, 1.82) is 0 Å². The summed E-state index contributed by atoms with van der Waals surface area (Å²) in [7, 11) is 0. The molecule has 0 amide bonds. The van der Waals surface area contributed by atoms with E-state index in [4.69, 9.17) is 9.97 Å². The largest absolute Gasteiger partial charge is 0.293 e. The van der Waals surface area contributed by atoms with Gasteiger partial charge in [-0.1, -0.05) is 90.5 Å². The van der Waals surface area contributed by atoms with Crippen molar-refractivity contribution < 1.29 is 9.59 Å². The van der Waals surface area contributed by atoms with Crippen molar-refractivity contribution in [2.24, 2.45) is 11.8 Å². The van der Waals surface area contributed by atoms with Crippen LogP contribution in [0.25, 0.3) is 22.8 Å². The van der Waals surface area contributed by atoms with Crippen LogP contribution in [-0.4, -0.2) is 31.5 Å². The van der Waals surface area contributed by atoms with E-state index in [0.29, 0.717) is 22.8 Å². The highest BCUT2D eigenvalue weighted by Crippen LogP contribution is 2.33. The van der Waals surface area contributed by atoms with Crippen molar-refractivity contribution in [3.05, 3.63) is 131 Å². The van der Waals surface area contributed by atoms with E-state index in [0.717, 1.165) is 66.6 Å². The number of aryl methyl sites for hydroxylation is 2. The van der Waals surface area contributed by atoms with E-state index in [1.807, 2.05) is 60.7 Å². The molecule has 4 aromatic rings. The molecule has 2 aromatic carbocycles. The molecule has 0 saturated carbocycles. The summed E-state index contributed by atoms with van der Waals surface area (Å²) in [6.07, 6.45) is 16.4. The van der Waals surface area contributed by atoms with Crippen molar-refractivity contribution in [3.63, 3.8) is 0 Å². The van der Waals surface area contributed by atoms with Gasteiger partial charge in [-0.15, -0.1) is 0 Å². The lowest BCUT2D eigenvalue weighted by molar-refractivity contribution is 0.0921. The molecule has 0 aliphatic heterocycles. The van der Waals surface area contributed by atoms with Gasteiger partial charge in [0.2, 0.25) is 0 Å². The van der Waals surface area contributed by atoms with Crippen LogP contribution in [0.1, 0.15) is 57.8 Å². The molecule has 2 unspecified atom stereocenters. The van der Waals surface area contributed by atoms with E-state index < -0.39 is 0 Å². The van der Waals surface area contributed by atoms with Gasteiger partial charge in [0.15, 0.2) is 23.2 Å². The smallest absolute Gasteiger partial charge is 0.173 e. The first-order valence-electron chi connectivity index (χ1n) is 14.6. The second kappa shape index (κ2) is 11.2. The number of aromatic nitrogens is 4. The number of nitrogens with zero attached hydrogens (tertiary/aromatic N) is 4. The Kier molecular flexibility index (Phi) is 6.96. The lowest BCUT2D eigenvalue weighted by Crippen LogP contribution is -2.23. The fourth-order valence-corrected chi connectivity index (χ4v) is 6.18. The first-order valence-corrected chi connectivity index (χ1v) is 14.6. The number of hydrogen-bond acceptors (Lipinski definition) is 6. The number of allylic oxidation sites excluding steroid dienone is 6. The predicted octanol–water partition coefficient (Wildman–Crippen LogP) is 6.99. The van der Waals surface area contributed by atoms with Crippen LogP contribution in [-0.2, 0) is 12.8 Å². The summed E-state index contributed by atoms with van der Waals surface area (Å²) in [5, 5.41) is 0. The van der Waals surface area contributed by atoms with Crippen molar-refractivity contribution in [2.45, 2.75) is 38.5 Å². The third-order valence-electron chi connectivity index (χ3n) is 8.38. The van der Waals surface area contributed by atoms with Gasteiger partial charge in [0.05, 0.1) is 22.5 Å². The van der Waals surface area contributed by atoms with Crippen LogP contribution in [0.5, 0.6) is 0 Å². The third kappa shape index (κ3) is 5.16. The molecular formula is C36H30N4O2. The van der Waals surface area contributed by atoms with Crippen LogP contribution in [0.4, 0.5) is 0 Å². The Morgan fingerprint density at radius 2 is 1.19 bits per heavy atom. The first-order chi connectivity index (χ1) is 20.6. The fourth-order valence-electron chi connectivity index (χ4n) is 6.18. The monoisotopic (exact) mass is 550 g/mol. The Balaban J connectivity index is 1.05. The van der Waals surface area contributed by atoms with Crippen LogP contribution in [0.2, 0.25) is 0 Å². The fraction of sp³-hybridized carbons (Fsp3) is 0.222. The molecule has 0 bridgehead atoms. The summed E-state index contributed by atoms with van der Waals surface area (Å²) in [6.45, 7) is 0. The Hall–Kier alpha value is -4.84. The topological polar surface area (TPSA) is 85.7 Å². The predicted molar refractivity (Wildman–Crippen MR) is 162 cm³/mol. The van der Waals surface area contributed by atoms with Gasteiger partial charge in [-0.05, 0) is 44.1 Å². The van der Waals surface area contributed by atoms with Gasteiger partial charge in [-0.25, -0.2) is 19.9 Å². The molecule has 42 heavy (non-hydrogen) atoms. The second-order valence-electron chi connectivity index (χ2n) is 11.2. The van der Waals surface area contributed by atoms with Gasteiger partial charge in [-0.3, -0.25) is 9.59 Å². The molecule has 206 valence electrons. The van der Waals surface area contributed by atoms with Gasteiger partial charge in [-0.2, -0.15) is 0 Å². The number of fused-ring (bicyclic) bond motifs is 2. The zero-order valence-electron chi connectivity index (χ0n) is 23.2. The standard InChI is InChI=1S/C36H30N4O2/c41-33-27(14-16-31-29(33)21-37-35(39-31)25-10-3-1-4-11-25)19-23-8-7-9-24(18-23)20-28-15-17-32-30(34(28)42)22-38-36(40-32)26-12-5-2-6-13-26/h1-8,10-13,19-22,27-28H,9,14-18H2. The molecule has 3 aliphatic carbocycles. The second-order valence-corrected chi connectivity index (χ2v) is 11.2. The zero-order chi connectivity index (χ0) is 28.5. The molecule has 2 aromatic heterocycles. The highest BCUT2D eigenvalue weighted by molar-refractivity contribution is 6.01. The quantitative estimate of drug-likeness (QED) is 0.255. The summed E-state index contributed by atoms with van der Waals surface area (Å²) in [5.74, 6) is 1.13. The Bertz CT molecular complexity index is 1770. The van der Waals surface area contributed by atoms with Crippen LogP contribution in [0.15, 0.2) is 109 Å². The van der Waals surface area contributed by atoms with E-state index in [-0.39, 0.29) is 23.4 Å². The van der Waals surface area contributed by atoms with Crippen LogP contribution >= 0.6 is 0 Å². The van der Waals surface area contributed by atoms with Gasteiger partial charge < -0.3 is 0 Å². The Morgan fingerprint density at radius 1 is 0.667 bits per heavy atom. The summed E-state index contributed by atoms with van der Waals surface area (Å²) in [6, 6.07) is 19.7. The number of ketones is 2. The van der Waals surface area contributed by atoms with E-state index in [1.165, 1.54) is 5.57 Å². The molecule has 2 heterocycles. The van der Waals surface area contributed by atoms with E-state index in [1.54, 1.807) is 12.4 Å². The highest BCUT2D eigenvalue weighted by Gasteiger charge is 2.30.